The number of carbonyl (C=O) groups excluding carboxylic acids is 1. The minimum atomic E-state index is -0.465. The third-order valence-corrected chi connectivity index (χ3v) is 2.52. The first-order valence-corrected chi connectivity index (χ1v) is 6.18. The van der Waals surface area contributed by atoms with E-state index in [9.17, 15) is 4.79 Å². The summed E-state index contributed by atoms with van der Waals surface area (Å²) in [4.78, 5) is 11.6. The van der Waals surface area contributed by atoms with Crippen LogP contribution in [-0.4, -0.2) is 37.4 Å². The van der Waals surface area contributed by atoms with Crippen molar-refractivity contribution in [3.8, 4) is 0 Å². The fourth-order valence-corrected chi connectivity index (χ4v) is 1.19. The second kappa shape index (κ2) is 6.97. The number of rotatable bonds is 8. The molecule has 0 atom stereocenters. The van der Waals surface area contributed by atoms with Crippen molar-refractivity contribution in [3.05, 3.63) is 0 Å². The molecule has 102 valence electrons. The van der Waals surface area contributed by atoms with E-state index >= 15 is 0 Å². The van der Waals surface area contributed by atoms with Crippen LogP contribution in [0.1, 0.15) is 47.5 Å². The van der Waals surface area contributed by atoms with E-state index in [1.807, 2.05) is 34.6 Å². The lowest BCUT2D eigenvalue weighted by molar-refractivity contribution is -0.135. The lowest BCUT2D eigenvalue weighted by Crippen LogP contribution is -2.39. The van der Waals surface area contributed by atoms with Crippen LogP contribution in [0.3, 0.4) is 0 Å². The Bertz CT molecular complexity index is 237. The van der Waals surface area contributed by atoms with Gasteiger partial charge in [-0.05, 0) is 34.1 Å². The summed E-state index contributed by atoms with van der Waals surface area (Å²) in [7, 11) is 1.66. The Hall–Kier alpha value is -0.610. The van der Waals surface area contributed by atoms with Crippen LogP contribution in [-0.2, 0) is 14.3 Å². The maximum atomic E-state index is 11.6. The molecule has 0 saturated carbocycles. The molecular formula is C13H27NO3. The topological polar surface area (TPSA) is 47.6 Å². The van der Waals surface area contributed by atoms with Crippen LogP contribution >= 0.6 is 0 Å². The van der Waals surface area contributed by atoms with Crippen LogP contribution in [0.5, 0.6) is 0 Å². The largest absolute Gasteiger partial charge is 0.376 e. The number of amides is 1. The minimum absolute atomic E-state index is 0.0343. The van der Waals surface area contributed by atoms with Gasteiger partial charge < -0.3 is 14.8 Å². The van der Waals surface area contributed by atoms with Crippen LogP contribution in [0.15, 0.2) is 0 Å². The van der Waals surface area contributed by atoms with Crippen molar-refractivity contribution >= 4 is 5.91 Å². The molecule has 0 aromatic rings. The molecule has 0 saturated heterocycles. The van der Waals surface area contributed by atoms with E-state index in [0.717, 1.165) is 13.0 Å². The summed E-state index contributed by atoms with van der Waals surface area (Å²) >= 11 is 0. The van der Waals surface area contributed by atoms with Crippen molar-refractivity contribution in [1.29, 1.82) is 0 Å². The molecule has 0 aromatic heterocycles. The van der Waals surface area contributed by atoms with Gasteiger partial charge in [0.2, 0.25) is 5.91 Å². The van der Waals surface area contributed by atoms with E-state index in [1.165, 1.54) is 0 Å². The fraction of sp³-hybridized carbons (Fsp3) is 0.923. The standard InChI is InChI=1S/C13H27NO3/c1-7-8-14-11(15)9-12(2,3)17-10-13(4,5)16-6/h7-10H2,1-6H3,(H,14,15). The summed E-state index contributed by atoms with van der Waals surface area (Å²) in [5.74, 6) is 0.0343. The first-order valence-electron chi connectivity index (χ1n) is 6.18. The van der Waals surface area contributed by atoms with Crippen molar-refractivity contribution in [2.45, 2.75) is 58.7 Å². The maximum absolute atomic E-state index is 11.6. The van der Waals surface area contributed by atoms with E-state index in [-0.39, 0.29) is 11.5 Å². The Morgan fingerprint density at radius 3 is 2.24 bits per heavy atom. The number of methoxy groups -OCH3 is 1. The highest BCUT2D eigenvalue weighted by molar-refractivity contribution is 5.76. The fourth-order valence-electron chi connectivity index (χ4n) is 1.19. The zero-order valence-corrected chi connectivity index (χ0v) is 12.1. The molecule has 17 heavy (non-hydrogen) atoms. The number of hydrogen-bond donors (Lipinski definition) is 1. The zero-order valence-electron chi connectivity index (χ0n) is 12.1. The average molecular weight is 245 g/mol. The zero-order chi connectivity index (χ0) is 13.5. The molecule has 0 aliphatic heterocycles. The number of ether oxygens (including phenoxy) is 2. The molecule has 0 unspecified atom stereocenters. The second-order valence-electron chi connectivity index (χ2n) is 5.54. The molecule has 1 N–H and O–H groups in total. The molecule has 0 rings (SSSR count). The normalized spacial score (nSPS) is 12.6. The van der Waals surface area contributed by atoms with Gasteiger partial charge in [-0.15, -0.1) is 0 Å². The van der Waals surface area contributed by atoms with Gasteiger partial charge in [-0.25, -0.2) is 0 Å². The maximum Gasteiger partial charge on any atom is 0.222 e. The van der Waals surface area contributed by atoms with Crippen LogP contribution in [0.25, 0.3) is 0 Å². The van der Waals surface area contributed by atoms with E-state index in [0.29, 0.717) is 13.0 Å². The Kier molecular flexibility index (Phi) is 6.72. The average Bonchev–Trinajstić information content (AvgIpc) is 2.23. The van der Waals surface area contributed by atoms with E-state index in [4.69, 9.17) is 9.47 Å². The number of nitrogens with one attached hydrogen (secondary N) is 1. The van der Waals surface area contributed by atoms with E-state index in [2.05, 4.69) is 5.32 Å². The molecule has 0 bridgehead atoms. The van der Waals surface area contributed by atoms with Crippen LogP contribution in [0, 0.1) is 0 Å². The van der Waals surface area contributed by atoms with Crippen LogP contribution in [0.4, 0.5) is 0 Å². The predicted molar refractivity (Wildman–Crippen MR) is 69.0 cm³/mol. The van der Waals surface area contributed by atoms with Gasteiger partial charge in [-0.1, -0.05) is 6.92 Å². The summed E-state index contributed by atoms with van der Waals surface area (Å²) < 4.78 is 11.0. The van der Waals surface area contributed by atoms with Gasteiger partial charge >= 0.3 is 0 Å². The summed E-state index contributed by atoms with van der Waals surface area (Å²) in [5.41, 5.74) is -0.787. The molecule has 4 heteroatoms. The van der Waals surface area contributed by atoms with Gasteiger partial charge in [0.15, 0.2) is 0 Å². The Morgan fingerprint density at radius 2 is 1.76 bits per heavy atom. The van der Waals surface area contributed by atoms with Crippen molar-refractivity contribution in [1.82, 2.24) is 5.32 Å². The highest BCUT2D eigenvalue weighted by Crippen LogP contribution is 2.18. The molecule has 1 amide bonds. The van der Waals surface area contributed by atoms with E-state index in [1.54, 1.807) is 7.11 Å². The molecule has 0 radical (unpaired) electrons. The van der Waals surface area contributed by atoms with Crippen LogP contribution < -0.4 is 5.32 Å². The highest BCUT2D eigenvalue weighted by Gasteiger charge is 2.26. The second-order valence-corrected chi connectivity index (χ2v) is 5.54. The molecule has 0 spiro atoms. The number of hydrogen-bond acceptors (Lipinski definition) is 3. The number of carbonyl (C=O) groups is 1. The Morgan fingerprint density at radius 1 is 1.18 bits per heavy atom. The van der Waals surface area contributed by atoms with Gasteiger partial charge in [0, 0.05) is 13.7 Å². The lowest BCUT2D eigenvalue weighted by atomic mass is 10.0. The smallest absolute Gasteiger partial charge is 0.222 e. The molecule has 0 aliphatic rings. The monoisotopic (exact) mass is 245 g/mol. The minimum Gasteiger partial charge on any atom is -0.376 e. The van der Waals surface area contributed by atoms with Crippen molar-refractivity contribution in [2.24, 2.45) is 0 Å². The molecule has 4 nitrogen and oxygen atoms in total. The van der Waals surface area contributed by atoms with Gasteiger partial charge in [-0.2, -0.15) is 0 Å². The van der Waals surface area contributed by atoms with Crippen molar-refractivity contribution in [2.75, 3.05) is 20.3 Å². The molecule has 0 heterocycles. The van der Waals surface area contributed by atoms with E-state index < -0.39 is 5.60 Å². The first kappa shape index (κ1) is 16.4. The molecule has 0 aliphatic carbocycles. The summed E-state index contributed by atoms with van der Waals surface area (Å²) in [6.07, 6.45) is 1.32. The van der Waals surface area contributed by atoms with Gasteiger partial charge in [0.25, 0.3) is 0 Å². The third kappa shape index (κ3) is 8.16. The Balaban J connectivity index is 4.07. The summed E-state index contributed by atoms with van der Waals surface area (Å²) in [5, 5.41) is 2.85. The lowest BCUT2D eigenvalue weighted by Gasteiger charge is -2.30. The van der Waals surface area contributed by atoms with Crippen LogP contribution in [0.2, 0.25) is 0 Å². The third-order valence-electron chi connectivity index (χ3n) is 2.52. The highest BCUT2D eigenvalue weighted by atomic mass is 16.5. The molecule has 0 fully saturated rings. The van der Waals surface area contributed by atoms with Crippen molar-refractivity contribution < 1.29 is 14.3 Å². The van der Waals surface area contributed by atoms with Gasteiger partial charge in [0.05, 0.1) is 24.2 Å². The quantitative estimate of drug-likeness (QED) is 0.712. The van der Waals surface area contributed by atoms with Crippen molar-refractivity contribution in [3.63, 3.8) is 0 Å². The molecule has 0 aromatic carbocycles. The van der Waals surface area contributed by atoms with Gasteiger partial charge in [-0.3, -0.25) is 4.79 Å². The SMILES string of the molecule is CCCNC(=O)CC(C)(C)OCC(C)(C)OC. The van der Waals surface area contributed by atoms with Gasteiger partial charge in [0.1, 0.15) is 0 Å². The molecular weight excluding hydrogens is 218 g/mol. The summed E-state index contributed by atoms with van der Waals surface area (Å²) in [6, 6.07) is 0. The summed E-state index contributed by atoms with van der Waals surface area (Å²) in [6.45, 7) is 11.0. The predicted octanol–water partition coefficient (Wildman–Crippen LogP) is 2.12. The first-order chi connectivity index (χ1) is 7.72. The Labute approximate surface area is 105 Å².